The van der Waals surface area contributed by atoms with Gasteiger partial charge in [-0.2, -0.15) is 0 Å². The normalized spacial score (nSPS) is 30.4. The summed E-state index contributed by atoms with van der Waals surface area (Å²) in [6.07, 6.45) is 2.09. The van der Waals surface area contributed by atoms with E-state index < -0.39 is 5.60 Å². The van der Waals surface area contributed by atoms with E-state index in [1.165, 1.54) is 16.0 Å². The lowest BCUT2D eigenvalue weighted by molar-refractivity contribution is -0.0740. The smallest absolute Gasteiger partial charge is 0.112 e. The van der Waals surface area contributed by atoms with E-state index in [1.54, 1.807) is 0 Å². The van der Waals surface area contributed by atoms with Crippen LogP contribution in [0.1, 0.15) is 36.5 Å². The highest BCUT2D eigenvalue weighted by Crippen LogP contribution is 2.64. The van der Waals surface area contributed by atoms with E-state index in [0.717, 1.165) is 31.5 Å². The molecule has 0 bridgehead atoms. The van der Waals surface area contributed by atoms with Crippen molar-refractivity contribution in [3.05, 3.63) is 65.2 Å². The van der Waals surface area contributed by atoms with Crippen LogP contribution < -0.4 is 0 Å². The van der Waals surface area contributed by atoms with Crippen LogP contribution in [0, 0.1) is 12.8 Å². The Labute approximate surface area is 155 Å². The van der Waals surface area contributed by atoms with Crippen LogP contribution in [0.3, 0.4) is 0 Å². The molecule has 4 rings (SSSR count). The van der Waals surface area contributed by atoms with Gasteiger partial charge in [0.15, 0.2) is 0 Å². The van der Waals surface area contributed by atoms with E-state index in [1.807, 2.05) is 11.8 Å². The maximum absolute atomic E-state index is 12.3. The Balaban J connectivity index is 1.87. The molecule has 0 spiro atoms. The van der Waals surface area contributed by atoms with Gasteiger partial charge in [0.2, 0.25) is 0 Å². The monoisotopic (exact) mass is 353 g/mol. The number of fused-ring (bicyclic) bond motifs is 1. The molecule has 0 amide bonds. The molecule has 2 aliphatic heterocycles. The predicted molar refractivity (Wildman–Crippen MR) is 105 cm³/mol. The van der Waals surface area contributed by atoms with E-state index in [2.05, 4.69) is 74.3 Å². The summed E-state index contributed by atoms with van der Waals surface area (Å²) in [5, 5.41) is 12.3. The highest BCUT2D eigenvalue weighted by atomic mass is 32.2. The second kappa shape index (κ2) is 6.15. The Bertz CT molecular complexity index is 769. The maximum Gasteiger partial charge on any atom is 0.112 e. The van der Waals surface area contributed by atoms with E-state index in [4.69, 9.17) is 0 Å². The summed E-state index contributed by atoms with van der Waals surface area (Å²) in [5.74, 6) is 0.282. The van der Waals surface area contributed by atoms with Crippen LogP contribution in [0.4, 0.5) is 0 Å². The van der Waals surface area contributed by atoms with Crippen molar-refractivity contribution in [1.82, 2.24) is 4.90 Å². The second-order valence-electron chi connectivity index (χ2n) is 7.84. The molecule has 0 aromatic heterocycles. The predicted octanol–water partition coefficient (Wildman–Crippen LogP) is 4.55. The summed E-state index contributed by atoms with van der Waals surface area (Å²) >= 11 is 1.84. The van der Waals surface area contributed by atoms with Crippen molar-refractivity contribution >= 4 is 11.8 Å². The number of aliphatic hydroxyl groups is 1. The Morgan fingerprint density at radius 2 is 1.76 bits per heavy atom. The van der Waals surface area contributed by atoms with E-state index in [9.17, 15) is 5.11 Å². The number of piperidine rings is 1. The van der Waals surface area contributed by atoms with Crippen LogP contribution in [0.2, 0.25) is 0 Å². The van der Waals surface area contributed by atoms with Crippen molar-refractivity contribution in [2.24, 2.45) is 5.92 Å². The fraction of sp³-hybridized carbons (Fsp3) is 0.455. The largest absolute Gasteiger partial charge is 0.383 e. The fourth-order valence-corrected chi connectivity index (χ4v) is 6.24. The van der Waals surface area contributed by atoms with Crippen molar-refractivity contribution in [3.63, 3.8) is 0 Å². The van der Waals surface area contributed by atoms with Gasteiger partial charge in [0, 0.05) is 4.90 Å². The summed E-state index contributed by atoms with van der Waals surface area (Å²) in [7, 11) is 2.18. The lowest BCUT2D eigenvalue weighted by atomic mass is 9.67. The Morgan fingerprint density at radius 3 is 2.44 bits per heavy atom. The molecule has 2 aromatic rings. The van der Waals surface area contributed by atoms with Crippen LogP contribution in [0.5, 0.6) is 0 Å². The van der Waals surface area contributed by atoms with Gasteiger partial charge < -0.3 is 10.0 Å². The van der Waals surface area contributed by atoms with Gasteiger partial charge in [-0.3, -0.25) is 0 Å². The average molecular weight is 354 g/mol. The van der Waals surface area contributed by atoms with Gasteiger partial charge in [-0.25, -0.2) is 0 Å². The average Bonchev–Trinajstić information content (AvgIpc) is 2.86. The van der Waals surface area contributed by atoms with E-state index in [-0.39, 0.29) is 10.7 Å². The van der Waals surface area contributed by atoms with Crippen LogP contribution in [0.15, 0.2) is 53.4 Å². The zero-order chi connectivity index (χ0) is 17.7. The molecule has 1 saturated heterocycles. The van der Waals surface area contributed by atoms with Crippen molar-refractivity contribution < 1.29 is 5.11 Å². The number of hydrogen-bond donors (Lipinski definition) is 1. The molecule has 2 aliphatic rings. The third-order valence-electron chi connectivity index (χ3n) is 6.22. The van der Waals surface area contributed by atoms with Crippen molar-refractivity contribution in [2.45, 2.75) is 41.9 Å². The van der Waals surface area contributed by atoms with Gasteiger partial charge >= 0.3 is 0 Å². The Kier molecular flexibility index (Phi) is 4.22. The highest BCUT2D eigenvalue weighted by molar-refractivity contribution is 8.00. The standard InChI is InChI=1S/C22H27NOS/c1-16-9-10-20-19(15-16)22(24,18-11-13-23(3)14-12-18)21(2,25-20)17-7-5-4-6-8-17/h4-10,15,18,24H,11-14H2,1-3H3. The third kappa shape index (κ3) is 2.56. The molecule has 0 radical (unpaired) electrons. The molecule has 1 N–H and O–H groups in total. The van der Waals surface area contributed by atoms with Gasteiger partial charge in [-0.1, -0.05) is 48.0 Å². The number of thioether (sulfide) groups is 1. The van der Waals surface area contributed by atoms with Gasteiger partial charge in [-0.15, -0.1) is 11.8 Å². The van der Waals surface area contributed by atoms with Crippen LogP contribution in [-0.2, 0) is 10.3 Å². The molecule has 2 nitrogen and oxygen atoms in total. The van der Waals surface area contributed by atoms with Gasteiger partial charge in [0.05, 0.1) is 4.75 Å². The lowest BCUT2D eigenvalue weighted by Gasteiger charge is -2.47. The summed E-state index contributed by atoms with van der Waals surface area (Å²) < 4.78 is -0.356. The van der Waals surface area contributed by atoms with E-state index >= 15 is 0 Å². The first-order chi connectivity index (χ1) is 11.9. The van der Waals surface area contributed by atoms with Crippen LogP contribution in [-0.4, -0.2) is 30.1 Å². The Morgan fingerprint density at radius 1 is 1.08 bits per heavy atom. The number of nitrogens with zero attached hydrogens (tertiary/aromatic N) is 1. The van der Waals surface area contributed by atoms with Crippen LogP contribution >= 0.6 is 11.8 Å². The molecule has 132 valence electrons. The minimum atomic E-state index is -0.832. The highest BCUT2D eigenvalue weighted by Gasteiger charge is 2.59. The van der Waals surface area contributed by atoms with Crippen molar-refractivity contribution in [1.29, 1.82) is 0 Å². The molecular weight excluding hydrogens is 326 g/mol. The lowest BCUT2D eigenvalue weighted by Crippen LogP contribution is -2.51. The fourth-order valence-electron chi connectivity index (χ4n) is 4.66. The first-order valence-electron chi connectivity index (χ1n) is 9.22. The van der Waals surface area contributed by atoms with E-state index in [0.29, 0.717) is 0 Å². The summed E-state index contributed by atoms with van der Waals surface area (Å²) in [4.78, 5) is 3.61. The quantitative estimate of drug-likeness (QED) is 0.857. The maximum atomic E-state index is 12.3. The molecule has 2 unspecified atom stereocenters. The first kappa shape index (κ1) is 17.1. The molecule has 2 aromatic carbocycles. The molecule has 0 saturated carbocycles. The van der Waals surface area contributed by atoms with Crippen LogP contribution in [0.25, 0.3) is 0 Å². The molecule has 3 heteroatoms. The second-order valence-corrected chi connectivity index (χ2v) is 9.31. The topological polar surface area (TPSA) is 23.5 Å². The molecule has 2 atom stereocenters. The number of likely N-dealkylation sites (tertiary alicyclic amines) is 1. The minimum absolute atomic E-state index is 0.282. The molecular formula is C22H27NOS. The molecule has 0 aliphatic carbocycles. The van der Waals surface area contributed by atoms with Gasteiger partial charge in [0.25, 0.3) is 0 Å². The summed E-state index contributed by atoms with van der Waals surface area (Å²) in [6.45, 7) is 6.48. The number of benzene rings is 2. The SMILES string of the molecule is Cc1ccc2c(c1)C(O)(C1CCN(C)CC1)C(C)(c1ccccc1)S2. The van der Waals surface area contributed by atoms with Crippen molar-refractivity contribution in [3.8, 4) is 0 Å². The molecule has 2 heterocycles. The number of rotatable bonds is 2. The third-order valence-corrected chi connectivity index (χ3v) is 7.75. The Hall–Kier alpha value is -1.29. The van der Waals surface area contributed by atoms with Gasteiger partial charge in [0.1, 0.15) is 5.60 Å². The first-order valence-corrected chi connectivity index (χ1v) is 10.0. The summed E-state index contributed by atoms with van der Waals surface area (Å²) in [5.41, 5.74) is 2.75. The summed E-state index contributed by atoms with van der Waals surface area (Å²) in [6, 6.07) is 17.2. The minimum Gasteiger partial charge on any atom is -0.383 e. The molecule has 25 heavy (non-hydrogen) atoms. The zero-order valence-electron chi connectivity index (χ0n) is 15.3. The number of aryl methyl sites for hydroxylation is 1. The number of hydrogen-bond acceptors (Lipinski definition) is 3. The van der Waals surface area contributed by atoms with Gasteiger partial charge in [-0.05, 0) is 69.9 Å². The molecule has 1 fully saturated rings. The zero-order valence-corrected chi connectivity index (χ0v) is 16.1. The van der Waals surface area contributed by atoms with Crippen molar-refractivity contribution in [2.75, 3.05) is 20.1 Å².